The Balaban J connectivity index is 2.40. The van der Waals surface area contributed by atoms with Crippen molar-refractivity contribution in [3.8, 4) is 0 Å². The maximum atomic E-state index is 12.9. The highest BCUT2D eigenvalue weighted by Crippen LogP contribution is 2.15. The lowest BCUT2D eigenvalue weighted by molar-refractivity contribution is 0.393. The summed E-state index contributed by atoms with van der Waals surface area (Å²) in [6, 6.07) is 18.4. The Kier molecular flexibility index (Phi) is 8.52. The lowest BCUT2D eigenvalue weighted by atomic mass is 10.1. The normalized spacial score (nSPS) is 12.1. The van der Waals surface area contributed by atoms with Crippen molar-refractivity contribution < 1.29 is 8.42 Å². The molecule has 0 unspecified atom stereocenters. The highest BCUT2D eigenvalue weighted by Gasteiger charge is 2.18. The van der Waals surface area contributed by atoms with Crippen molar-refractivity contribution in [2.24, 2.45) is 4.40 Å². The predicted octanol–water partition coefficient (Wildman–Crippen LogP) is 4.92. The van der Waals surface area contributed by atoms with Crippen molar-refractivity contribution in [3.05, 3.63) is 66.2 Å². The molecule has 0 saturated heterocycles. The minimum absolute atomic E-state index is 0.237. The predicted molar refractivity (Wildman–Crippen MR) is 113 cm³/mol. The highest BCUT2D eigenvalue weighted by atomic mass is 32.2. The molecule has 0 N–H and O–H groups in total. The number of unbranched alkanes of at least 4 members (excludes halogenated alkanes) is 2. The molecule has 0 bridgehead atoms. The van der Waals surface area contributed by atoms with Crippen LogP contribution in [0.5, 0.6) is 0 Å². The van der Waals surface area contributed by atoms with Crippen LogP contribution in [-0.4, -0.2) is 32.2 Å². The fourth-order valence-electron chi connectivity index (χ4n) is 2.83. The Hall–Kier alpha value is -2.14. The SMILES string of the molecule is CCCCN(CCCC)C(Cc1ccccc1)=NS(=O)(=O)c1ccccc1. The van der Waals surface area contributed by atoms with Crippen LogP contribution >= 0.6 is 0 Å². The Bertz CT molecular complexity index is 795. The molecule has 5 heteroatoms. The number of hydrogen-bond acceptors (Lipinski definition) is 2. The molecule has 0 aliphatic carbocycles. The summed E-state index contributed by atoms with van der Waals surface area (Å²) >= 11 is 0. The van der Waals surface area contributed by atoms with E-state index in [2.05, 4.69) is 23.1 Å². The van der Waals surface area contributed by atoms with Crippen molar-refractivity contribution in [2.45, 2.75) is 50.8 Å². The quantitative estimate of drug-likeness (QED) is 0.430. The zero-order chi connectivity index (χ0) is 19.5. The second-order valence-electron chi connectivity index (χ2n) is 6.65. The lowest BCUT2D eigenvalue weighted by Gasteiger charge is -2.26. The molecule has 0 heterocycles. The van der Waals surface area contributed by atoms with Gasteiger partial charge in [0.25, 0.3) is 10.0 Å². The topological polar surface area (TPSA) is 49.7 Å². The van der Waals surface area contributed by atoms with E-state index < -0.39 is 10.0 Å². The average molecular weight is 387 g/mol. The summed E-state index contributed by atoms with van der Waals surface area (Å²) in [4.78, 5) is 2.39. The molecule has 0 radical (unpaired) electrons. The van der Waals surface area contributed by atoms with E-state index in [4.69, 9.17) is 0 Å². The van der Waals surface area contributed by atoms with Gasteiger partial charge in [-0.25, -0.2) is 0 Å². The first-order chi connectivity index (χ1) is 13.1. The van der Waals surface area contributed by atoms with E-state index in [0.717, 1.165) is 44.3 Å². The van der Waals surface area contributed by atoms with E-state index in [-0.39, 0.29) is 4.90 Å². The second kappa shape index (κ2) is 10.9. The fourth-order valence-corrected chi connectivity index (χ4v) is 3.90. The van der Waals surface area contributed by atoms with Crippen LogP contribution in [0.3, 0.4) is 0 Å². The minimum Gasteiger partial charge on any atom is -0.359 e. The smallest absolute Gasteiger partial charge is 0.283 e. The van der Waals surface area contributed by atoms with E-state index in [1.165, 1.54) is 0 Å². The number of benzene rings is 2. The summed E-state index contributed by atoms with van der Waals surface area (Å²) in [6.45, 7) is 5.94. The van der Waals surface area contributed by atoms with Gasteiger partial charge in [0.1, 0.15) is 5.84 Å². The first-order valence-electron chi connectivity index (χ1n) is 9.74. The van der Waals surface area contributed by atoms with Gasteiger partial charge in [-0.3, -0.25) is 0 Å². The number of rotatable bonds is 10. The molecule has 2 aromatic carbocycles. The number of nitrogens with zero attached hydrogens (tertiary/aromatic N) is 2. The van der Waals surface area contributed by atoms with E-state index in [1.54, 1.807) is 24.3 Å². The van der Waals surface area contributed by atoms with E-state index >= 15 is 0 Å². The van der Waals surface area contributed by atoms with Crippen molar-refractivity contribution >= 4 is 15.9 Å². The van der Waals surface area contributed by atoms with E-state index in [0.29, 0.717) is 12.3 Å². The largest absolute Gasteiger partial charge is 0.359 e. The lowest BCUT2D eigenvalue weighted by Crippen LogP contribution is -2.35. The standard InChI is InChI=1S/C22H30N2O2S/c1-3-5-17-24(18-6-4-2)22(19-20-13-9-7-10-14-20)23-27(25,26)21-15-11-8-12-16-21/h7-16H,3-6,17-19H2,1-2H3. The molecule has 2 aromatic rings. The molecule has 0 fully saturated rings. The van der Waals surface area contributed by atoms with Crippen LogP contribution in [0.2, 0.25) is 0 Å². The summed E-state index contributed by atoms with van der Waals surface area (Å²) < 4.78 is 30.0. The summed E-state index contributed by atoms with van der Waals surface area (Å²) in [5, 5.41) is 0. The summed E-state index contributed by atoms with van der Waals surface area (Å²) in [6.07, 6.45) is 4.67. The molecule has 0 aliphatic rings. The van der Waals surface area contributed by atoms with Gasteiger partial charge in [-0.05, 0) is 30.5 Å². The van der Waals surface area contributed by atoms with Crippen LogP contribution in [0.25, 0.3) is 0 Å². The maximum Gasteiger partial charge on any atom is 0.283 e. The molecule has 0 aliphatic heterocycles. The summed E-state index contributed by atoms with van der Waals surface area (Å²) in [5.41, 5.74) is 1.07. The van der Waals surface area contributed by atoms with Crippen LogP contribution in [0.15, 0.2) is 70.0 Å². The maximum absolute atomic E-state index is 12.9. The third-order valence-corrected chi connectivity index (χ3v) is 5.72. The Morgan fingerprint density at radius 3 is 1.89 bits per heavy atom. The van der Waals surface area contributed by atoms with Gasteiger partial charge < -0.3 is 4.90 Å². The Labute approximate surface area is 164 Å². The molecule has 0 amide bonds. The summed E-state index contributed by atoms with van der Waals surface area (Å²) in [7, 11) is -3.73. The number of amidine groups is 1. The van der Waals surface area contributed by atoms with Gasteiger partial charge in [-0.1, -0.05) is 75.2 Å². The van der Waals surface area contributed by atoms with Crippen molar-refractivity contribution in [1.29, 1.82) is 0 Å². The van der Waals surface area contributed by atoms with Gasteiger partial charge in [0.05, 0.1) is 4.90 Å². The highest BCUT2D eigenvalue weighted by molar-refractivity contribution is 7.90. The van der Waals surface area contributed by atoms with Gasteiger partial charge in [0.2, 0.25) is 0 Å². The molecule has 0 aromatic heterocycles. The van der Waals surface area contributed by atoms with Crippen molar-refractivity contribution in [1.82, 2.24) is 4.90 Å². The second-order valence-corrected chi connectivity index (χ2v) is 8.26. The monoisotopic (exact) mass is 386 g/mol. The van der Waals surface area contributed by atoms with Crippen LogP contribution in [0.4, 0.5) is 0 Å². The van der Waals surface area contributed by atoms with Crippen LogP contribution < -0.4 is 0 Å². The summed E-state index contributed by atoms with van der Waals surface area (Å²) in [5.74, 6) is 0.631. The Morgan fingerprint density at radius 2 is 1.37 bits per heavy atom. The van der Waals surface area contributed by atoms with Crippen LogP contribution in [-0.2, 0) is 16.4 Å². The first-order valence-corrected chi connectivity index (χ1v) is 11.2. The average Bonchev–Trinajstić information content (AvgIpc) is 2.69. The zero-order valence-electron chi connectivity index (χ0n) is 16.3. The third kappa shape index (κ3) is 6.83. The minimum atomic E-state index is -3.73. The fraction of sp³-hybridized carbons (Fsp3) is 0.409. The van der Waals surface area contributed by atoms with E-state index in [1.807, 2.05) is 36.4 Å². The molecule has 2 rings (SSSR count). The molecule has 0 atom stereocenters. The molecule has 0 saturated carbocycles. The first kappa shape index (κ1) is 21.2. The van der Waals surface area contributed by atoms with Gasteiger partial charge in [0, 0.05) is 19.5 Å². The van der Waals surface area contributed by atoms with Crippen molar-refractivity contribution in [2.75, 3.05) is 13.1 Å². The van der Waals surface area contributed by atoms with Crippen molar-refractivity contribution in [3.63, 3.8) is 0 Å². The van der Waals surface area contributed by atoms with Crippen LogP contribution in [0.1, 0.15) is 45.1 Å². The number of hydrogen-bond donors (Lipinski definition) is 0. The van der Waals surface area contributed by atoms with Gasteiger partial charge in [-0.15, -0.1) is 4.40 Å². The molecule has 0 spiro atoms. The molecular formula is C22H30N2O2S. The molecule has 146 valence electrons. The number of sulfonamides is 1. The third-order valence-electron chi connectivity index (χ3n) is 4.40. The van der Waals surface area contributed by atoms with Gasteiger partial charge in [0.15, 0.2) is 0 Å². The molecule has 4 nitrogen and oxygen atoms in total. The Morgan fingerprint density at radius 1 is 0.852 bits per heavy atom. The van der Waals surface area contributed by atoms with E-state index in [9.17, 15) is 8.42 Å². The zero-order valence-corrected chi connectivity index (χ0v) is 17.2. The molecule has 27 heavy (non-hydrogen) atoms. The van der Waals surface area contributed by atoms with Gasteiger partial charge in [-0.2, -0.15) is 8.42 Å². The van der Waals surface area contributed by atoms with Gasteiger partial charge >= 0.3 is 0 Å². The molecular weight excluding hydrogens is 356 g/mol. The van der Waals surface area contributed by atoms with Crippen LogP contribution in [0, 0.1) is 0 Å².